The average Bonchev–Trinajstić information content (AvgIpc) is 2.89. The van der Waals surface area contributed by atoms with Gasteiger partial charge in [-0.05, 0) is 36.8 Å². The van der Waals surface area contributed by atoms with Gasteiger partial charge in [-0.15, -0.1) is 11.8 Å². The van der Waals surface area contributed by atoms with Gasteiger partial charge in [-0.25, -0.2) is 4.98 Å². The minimum Gasteiger partial charge on any atom is -0.302 e. The summed E-state index contributed by atoms with van der Waals surface area (Å²) in [6.45, 7) is 2.05. The van der Waals surface area contributed by atoms with E-state index in [4.69, 9.17) is 0 Å². The van der Waals surface area contributed by atoms with Crippen molar-refractivity contribution in [3.05, 3.63) is 54.1 Å². The number of fused-ring (bicyclic) bond motifs is 1. The zero-order chi connectivity index (χ0) is 15.4. The standard InChI is InChI=1S/C17H16N2OS2/c1-12-7-8-14-15(11-12)22-17(18-14)19-16(20)9-10-21-13-5-3-2-4-6-13/h2-8,11H,9-10H2,1H3,(H,18,19,20). The number of thioether (sulfide) groups is 1. The molecule has 1 heterocycles. The van der Waals surface area contributed by atoms with Crippen LogP contribution < -0.4 is 5.32 Å². The number of anilines is 1. The summed E-state index contributed by atoms with van der Waals surface area (Å²) in [6, 6.07) is 16.2. The van der Waals surface area contributed by atoms with Gasteiger partial charge in [0.15, 0.2) is 5.13 Å². The minimum absolute atomic E-state index is 0.0132. The van der Waals surface area contributed by atoms with Crippen molar-refractivity contribution in [1.29, 1.82) is 0 Å². The van der Waals surface area contributed by atoms with Crippen LogP contribution in [0.4, 0.5) is 5.13 Å². The van der Waals surface area contributed by atoms with Crippen LogP contribution in [0.1, 0.15) is 12.0 Å². The molecule has 3 aromatic rings. The Hall–Kier alpha value is -1.85. The maximum absolute atomic E-state index is 12.0. The summed E-state index contributed by atoms with van der Waals surface area (Å²) in [7, 11) is 0. The Morgan fingerprint density at radius 2 is 2.05 bits per heavy atom. The Morgan fingerprint density at radius 1 is 1.23 bits per heavy atom. The van der Waals surface area contributed by atoms with Crippen molar-refractivity contribution in [2.24, 2.45) is 0 Å². The highest BCUT2D eigenvalue weighted by molar-refractivity contribution is 7.99. The molecule has 0 atom stereocenters. The van der Waals surface area contributed by atoms with Gasteiger partial charge in [-0.3, -0.25) is 4.79 Å². The first-order valence-electron chi connectivity index (χ1n) is 7.05. The first-order chi connectivity index (χ1) is 10.7. The molecule has 112 valence electrons. The number of amides is 1. The average molecular weight is 328 g/mol. The summed E-state index contributed by atoms with van der Waals surface area (Å²) in [5, 5.41) is 3.57. The largest absolute Gasteiger partial charge is 0.302 e. The van der Waals surface area contributed by atoms with Crippen molar-refractivity contribution >= 4 is 44.4 Å². The van der Waals surface area contributed by atoms with Crippen molar-refractivity contribution in [1.82, 2.24) is 4.98 Å². The van der Waals surface area contributed by atoms with Gasteiger partial charge in [0.05, 0.1) is 10.2 Å². The number of carbonyl (C=O) groups is 1. The molecule has 2 aromatic carbocycles. The number of hydrogen-bond acceptors (Lipinski definition) is 4. The molecule has 0 radical (unpaired) electrons. The normalized spacial score (nSPS) is 10.8. The van der Waals surface area contributed by atoms with E-state index in [2.05, 4.69) is 35.4 Å². The van der Waals surface area contributed by atoms with Gasteiger partial charge < -0.3 is 5.32 Å². The third-order valence-electron chi connectivity index (χ3n) is 3.13. The molecule has 5 heteroatoms. The molecule has 0 spiro atoms. The summed E-state index contributed by atoms with van der Waals surface area (Å²) in [5.41, 5.74) is 2.14. The minimum atomic E-state index is 0.0132. The number of benzene rings is 2. The molecule has 0 aliphatic carbocycles. The van der Waals surface area contributed by atoms with Crippen molar-refractivity contribution < 1.29 is 4.79 Å². The fraction of sp³-hybridized carbons (Fsp3) is 0.176. The second-order valence-corrected chi connectivity index (χ2v) is 7.15. The maximum atomic E-state index is 12.0. The predicted molar refractivity (Wildman–Crippen MR) is 94.8 cm³/mol. The van der Waals surface area contributed by atoms with Crippen LogP contribution in [0.3, 0.4) is 0 Å². The predicted octanol–water partition coefficient (Wildman–Crippen LogP) is 4.73. The molecule has 3 nitrogen and oxygen atoms in total. The highest BCUT2D eigenvalue weighted by Crippen LogP contribution is 2.27. The Bertz CT molecular complexity index is 784. The summed E-state index contributed by atoms with van der Waals surface area (Å²) < 4.78 is 1.11. The lowest BCUT2D eigenvalue weighted by atomic mass is 10.2. The van der Waals surface area contributed by atoms with Gasteiger partial charge in [0.1, 0.15) is 0 Å². The fourth-order valence-electron chi connectivity index (χ4n) is 2.05. The number of thiazole rings is 1. The summed E-state index contributed by atoms with van der Waals surface area (Å²) in [4.78, 5) is 17.6. The van der Waals surface area contributed by atoms with Crippen LogP contribution in [-0.2, 0) is 4.79 Å². The van der Waals surface area contributed by atoms with Gasteiger partial charge in [0, 0.05) is 17.1 Å². The summed E-state index contributed by atoms with van der Waals surface area (Å²) in [6.07, 6.45) is 0.481. The number of aryl methyl sites for hydroxylation is 1. The molecule has 1 aromatic heterocycles. The highest BCUT2D eigenvalue weighted by atomic mass is 32.2. The molecular formula is C17H16N2OS2. The molecule has 1 amide bonds. The van der Waals surface area contributed by atoms with E-state index in [1.807, 2.05) is 30.3 Å². The molecular weight excluding hydrogens is 312 g/mol. The number of rotatable bonds is 5. The topological polar surface area (TPSA) is 42.0 Å². The SMILES string of the molecule is Cc1ccc2nc(NC(=O)CCSc3ccccc3)sc2c1. The van der Waals surface area contributed by atoms with E-state index in [9.17, 15) is 4.79 Å². The molecule has 0 saturated heterocycles. The lowest BCUT2D eigenvalue weighted by molar-refractivity contribution is -0.115. The summed E-state index contributed by atoms with van der Waals surface area (Å²) in [5.74, 6) is 0.777. The Kier molecular flexibility index (Phi) is 4.75. The van der Waals surface area contributed by atoms with Crippen LogP contribution in [0.2, 0.25) is 0 Å². The van der Waals surface area contributed by atoms with Gasteiger partial charge >= 0.3 is 0 Å². The first kappa shape index (κ1) is 15.1. The maximum Gasteiger partial charge on any atom is 0.226 e. The van der Waals surface area contributed by atoms with E-state index < -0.39 is 0 Å². The Morgan fingerprint density at radius 3 is 2.86 bits per heavy atom. The van der Waals surface area contributed by atoms with Crippen molar-refractivity contribution in [3.63, 3.8) is 0 Å². The number of carbonyl (C=O) groups excluding carboxylic acids is 1. The molecule has 0 unspecified atom stereocenters. The molecule has 0 aliphatic heterocycles. The molecule has 1 N–H and O–H groups in total. The number of hydrogen-bond donors (Lipinski definition) is 1. The van der Waals surface area contributed by atoms with Crippen LogP contribution in [0, 0.1) is 6.92 Å². The van der Waals surface area contributed by atoms with E-state index >= 15 is 0 Å². The smallest absolute Gasteiger partial charge is 0.226 e. The van der Waals surface area contributed by atoms with Gasteiger partial charge in [0.2, 0.25) is 5.91 Å². The summed E-state index contributed by atoms with van der Waals surface area (Å²) >= 11 is 3.21. The molecule has 0 fully saturated rings. The third-order valence-corrected chi connectivity index (χ3v) is 5.08. The van der Waals surface area contributed by atoms with Crippen molar-refractivity contribution in [2.75, 3.05) is 11.1 Å². The monoisotopic (exact) mass is 328 g/mol. The lowest BCUT2D eigenvalue weighted by Crippen LogP contribution is -2.11. The van der Waals surface area contributed by atoms with E-state index in [1.54, 1.807) is 11.8 Å². The van der Waals surface area contributed by atoms with E-state index in [-0.39, 0.29) is 5.91 Å². The van der Waals surface area contributed by atoms with Crippen LogP contribution in [0.25, 0.3) is 10.2 Å². The zero-order valence-corrected chi connectivity index (χ0v) is 13.8. The molecule has 0 bridgehead atoms. The van der Waals surface area contributed by atoms with Crippen molar-refractivity contribution in [3.8, 4) is 0 Å². The van der Waals surface area contributed by atoms with Crippen LogP contribution in [0.5, 0.6) is 0 Å². The van der Waals surface area contributed by atoms with Crippen LogP contribution >= 0.6 is 23.1 Å². The highest BCUT2D eigenvalue weighted by Gasteiger charge is 2.08. The van der Waals surface area contributed by atoms with Gasteiger partial charge in [-0.2, -0.15) is 0 Å². The second kappa shape index (κ2) is 6.94. The first-order valence-corrected chi connectivity index (χ1v) is 8.86. The van der Waals surface area contributed by atoms with Gasteiger partial charge in [0.25, 0.3) is 0 Å². The van der Waals surface area contributed by atoms with Crippen molar-refractivity contribution in [2.45, 2.75) is 18.2 Å². The molecule has 0 saturated carbocycles. The van der Waals surface area contributed by atoms with Crippen LogP contribution in [0.15, 0.2) is 53.4 Å². The number of nitrogens with one attached hydrogen (secondary N) is 1. The Balaban J connectivity index is 1.54. The zero-order valence-electron chi connectivity index (χ0n) is 12.2. The quantitative estimate of drug-likeness (QED) is 0.689. The number of nitrogens with zero attached hydrogens (tertiary/aromatic N) is 1. The van der Waals surface area contributed by atoms with E-state index in [0.29, 0.717) is 11.6 Å². The molecule has 3 rings (SSSR count). The molecule has 0 aliphatic rings. The van der Waals surface area contributed by atoms with E-state index in [0.717, 1.165) is 16.0 Å². The molecule has 22 heavy (non-hydrogen) atoms. The second-order valence-electron chi connectivity index (χ2n) is 4.95. The van der Waals surface area contributed by atoms with E-state index in [1.165, 1.54) is 21.8 Å². The Labute approximate surface area is 137 Å². The number of aromatic nitrogens is 1. The fourth-order valence-corrected chi connectivity index (χ4v) is 3.90. The van der Waals surface area contributed by atoms with Crippen LogP contribution in [-0.4, -0.2) is 16.6 Å². The third kappa shape index (κ3) is 3.87. The van der Waals surface area contributed by atoms with Gasteiger partial charge in [-0.1, -0.05) is 35.6 Å². The lowest BCUT2D eigenvalue weighted by Gasteiger charge is -2.02.